The first-order valence-corrected chi connectivity index (χ1v) is 8.06. The summed E-state index contributed by atoms with van der Waals surface area (Å²) in [7, 11) is 0. The summed E-state index contributed by atoms with van der Waals surface area (Å²) in [5.74, 6) is 0.0663. The third kappa shape index (κ3) is 2.95. The van der Waals surface area contributed by atoms with E-state index < -0.39 is 0 Å². The predicted octanol–water partition coefficient (Wildman–Crippen LogP) is 2.41. The van der Waals surface area contributed by atoms with E-state index in [1.54, 1.807) is 29.1 Å². The highest BCUT2D eigenvalue weighted by atomic mass is 16.5. The molecule has 4 rings (SSSR count). The van der Waals surface area contributed by atoms with E-state index in [0.717, 1.165) is 19.5 Å². The molecular formula is C18H18N4O2. The number of pyridine rings is 1. The Morgan fingerprint density at radius 3 is 2.96 bits per heavy atom. The Kier molecular flexibility index (Phi) is 3.86. The van der Waals surface area contributed by atoms with E-state index in [2.05, 4.69) is 27.2 Å². The Bertz CT molecular complexity index is 846. The van der Waals surface area contributed by atoms with Crippen molar-refractivity contribution in [2.75, 3.05) is 24.6 Å². The zero-order valence-corrected chi connectivity index (χ0v) is 13.2. The van der Waals surface area contributed by atoms with E-state index in [1.807, 2.05) is 18.2 Å². The number of ether oxygens (including phenoxy) is 1. The number of benzene rings is 1. The van der Waals surface area contributed by atoms with Crippen LogP contribution in [0.1, 0.15) is 16.8 Å². The van der Waals surface area contributed by atoms with Crippen LogP contribution in [-0.2, 0) is 4.74 Å². The number of nitrogens with zero attached hydrogens (tertiary/aromatic N) is 4. The summed E-state index contributed by atoms with van der Waals surface area (Å²) in [4.78, 5) is 14.6. The van der Waals surface area contributed by atoms with Crippen molar-refractivity contribution >= 4 is 17.3 Å². The van der Waals surface area contributed by atoms with E-state index in [1.165, 1.54) is 5.69 Å². The van der Waals surface area contributed by atoms with Gasteiger partial charge in [0.25, 0.3) is 0 Å². The molecule has 0 bridgehead atoms. The van der Waals surface area contributed by atoms with Crippen LogP contribution in [0.15, 0.2) is 55.0 Å². The summed E-state index contributed by atoms with van der Waals surface area (Å²) in [6, 6.07) is 13.8. The average molecular weight is 322 g/mol. The molecule has 1 aliphatic rings. The Morgan fingerprint density at radius 1 is 1.21 bits per heavy atom. The molecule has 3 heterocycles. The molecule has 122 valence electrons. The molecule has 0 amide bonds. The fourth-order valence-corrected chi connectivity index (χ4v) is 3.07. The van der Waals surface area contributed by atoms with Gasteiger partial charge in [-0.2, -0.15) is 0 Å². The van der Waals surface area contributed by atoms with Crippen LogP contribution in [0.4, 0.5) is 5.69 Å². The summed E-state index contributed by atoms with van der Waals surface area (Å²) < 4.78 is 7.21. The summed E-state index contributed by atoms with van der Waals surface area (Å²) in [6.07, 6.45) is 4.30. The topological polar surface area (TPSA) is 59.7 Å². The summed E-state index contributed by atoms with van der Waals surface area (Å²) in [6.45, 7) is 2.36. The highest BCUT2D eigenvalue weighted by Gasteiger charge is 2.24. The van der Waals surface area contributed by atoms with Crippen LogP contribution in [0, 0.1) is 5.92 Å². The van der Waals surface area contributed by atoms with Crippen molar-refractivity contribution in [2.45, 2.75) is 6.42 Å². The molecule has 0 N–H and O–H groups in total. The normalized spacial score (nSPS) is 17.3. The van der Waals surface area contributed by atoms with Gasteiger partial charge in [0.05, 0.1) is 12.2 Å². The maximum Gasteiger partial charge on any atom is 0.339 e. The molecule has 1 saturated heterocycles. The summed E-state index contributed by atoms with van der Waals surface area (Å²) >= 11 is 0. The van der Waals surface area contributed by atoms with Gasteiger partial charge in [0.2, 0.25) is 0 Å². The Hall–Kier alpha value is -2.89. The molecule has 24 heavy (non-hydrogen) atoms. The van der Waals surface area contributed by atoms with Crippen LogP contribution in [-0.4, -0.2) is 40.3 Å². The molecule has 1 aliphatic heterocycles. The van der Waals surface area contributed by atoms with E-state index in [9.17, 15) is 4.79 Å². The van der Waals surface area contributed by atoms with Crippen molar-refractivity contribution in [3.8, 4) is 0 Å². The molecule has 0 radical (unpaired) electrons. The van der Waals surface area contributed by atoms with E-state index in [4.69, 9.17) is 4.74 Å². The number of aromatic nitrogens is 3. The zero-order valence-electron chi connectivity index (χ0n) is 13.2. The van der Waals surface area contributed by atoms with Gasteiger partial charge >= 0.3 is 5.97 Å². The van der Waals surface area contributed by atoms with Gasteiger partial charge in [-0.1, -0.05) is 18.2 Å². The summed E-state index contributed by atoms with van der Waals surface area (Å²) in [5.41, 5.74) is 2.45. The van der Waals surface area contributed by atoms with Crippen LogP contribution >= 0.6 is 0 Å². The van der Waals surface area contributed by atoms with Crippen LogP contribution in [0.3, 0.4) is 0 Å². The Labute approximate surface area is 139 Å². The molecular weight excluding hydrogens is 304 g/mol. The second kappa shape index (κ2) is 6.31. The minimum absolute atomic E-state index is 0.302. The van der Waals surface area contributed by atoms with Crippen molar-refractivity contribution < 1.29 is 9.53 Å². The number of anilines is 1. The second-order valence-electron chi connectivity index (χ2n) is 6.05. The zero-order chi connectivity index (χ0) is 16.4. The quantitative estimate of drug-likeness (QED) is 0.690. The highest BCUT2D eigenvalue weighted by molar-refractivity contribution is 5.89. The van der Waals surface area contributed by atoms with E-state index >= 15 is 0 Å². The molecule has 0 aliphatic carbocycles. The number of carbonyl (C=O) groups excluding carboxylic acids is 1. The van der Waals surface area contributed by atoms with Gasteiger partial charge in [0, 0.05) is 30.9 Å². The number of hydrogen-bond acceptors (Lipinski definition) is 5. The van der Waals surface area contributed by atoms with Crippen molar-refractivity contribution in [3.05, 3.63) is 60.6 Å². The molecule has 3 aromatic rings. The molecule has 6 nitrogen and oxygen atoms in total. The Balaban J connectivity index is 1.34. The first-order valence-electron chi connectivity index (χ1n) is 8.06. The number of para-hydroxylation sites is 1. The van der Waals surface area contributed by atoms with Crippen LogP contribution < -0.4 is 4.90 Å². The maximum absolute atomic E-state index is 12.2. The van der Waals surface area contributed by atoms with Gasteiger partial charge in [-0.05, 0) is 30.7 Å². The maximum atomic E-state index is 12.2. The van der Waals surface area contributed by atoms with Gasteiger partial charge in [0.15, 0.2) is 5.65 Å². The fourth-order valence-electron chi connectivity index (χ4n) is 3.07. The Morgan fingerprint density at radius 2 is 2.08 bits per heavy atom. The first kappa shape index (κ1) is 14.7. The third-order valence-corrected chi connectivity index (χ3v) is 4.38. The molecule has 0 unspecified atom stereocenters. The number of fused-ring (bicyclic) bond motifs is 1. The second-order valence-corrected chi connectivity index (χ2v) is 6.05. The lowest BCUT2D eigenvalue weighted by atomic mass is 10.1. The number of esters is 1. The molecule has 1 atom stereocenters. The predicted molar refractivity (Wildman–Crippen MR) is 90.0 cm³/mol. The van der Waals surface area contributed by atoms with E-state index in [-0.39, 0.29) is 5.97 Å². The smallest absolute Gasteiger partial charge is 0.339 e. The highest BCUT2D eigenvalue weighted by Crippen LogP contribution is 2.23. The van der Waals surface area contributed by atoms with Crippen molar-refractivity contribution in [1.29, 1.82) is 0 Å². The van der Waals surface area contributed by atoms with Crippen molar-refractivity contribution in [1.82, 2.24) is 14.6 Å². The first-order chi connectivity index (χ1) is 11.8. The van der Waals surface area contributed by atoms with Crippen LogP contribution in [0.5, 0.6) is 0 Å². The molecule has 0 saturated carbocycles. The molecule has 6 heteroatoms. The lowest BCUT2D eigenvalue weighted by molar-refractivity contribution is 0.0450. The lowest BCUT2D eigenvalue weighted by Gasteiger charge is -2.18. The van der Waals surface area contributed by atoms with Crippen molar-refractivity contribution in [3.63, 3.8) is 0 Å². The largest absolute Gasteiger partial charge is 0.462 e. The van der Waals surface area contributed by atoms with Gasteiger partial charge in [0.1, 0.15) is 6.33 Å². The molecule has 2 aromatic heterocycles. The van der Waals surface area contributed by atoms with Crippen LogP contribution in [0.25, 0.3) is 5.65 Å². The molecule has 1 fully saturated rings. The van der Waals surface area contributed by atoms with Gasteiger partial charge in [-0.3, -0.25) is 4.40 Å². The SMILES string of the molecule is O=C(OC[C@@H]1CCN(c2ccccc2)C1)c1ccc2nncn2c1. The molecule has 0 spiro atoms. The van der Waals surface area contributed by atoms with Gasteiger partial charge in [-0.15, -0.1) is 10.2 Å². The monoisotopic (exact) mass is 322 g/mol. The summed E-state index contributed by atoms with van der Waals surface area (Å²) in [5, 5.41) is 7.72. The van der Waals surface area contributed by atoms with Gasteiger partial charge < -0.3 is 9.64 Å². The standard InChI is InChI=1S/C18H18N4O2/c23-18(15-6-7-17-20-19-13-22(17)11-15)24-12-14-8-9-21(10-14)16-4-2-1-3-5-16/h1-7,11,13-14H,8-10,12H2/t14-/m1/s1. The minimum atomic E-state index is -0.302. The molecule has 1 aromatic carbocycles. The van der Waals surface area contributed by atoms with E-state index in [0.29, 0.717) is 23.7 Å². The third-order valence-electron chi connectivity index (χ3n) is 4.38. The average Bonchev–Trinajstić information content (AvgIpc) is 3.29. The lowest BCUT2D eigenvalue weighted by Crippen LogP contribution is -2.22. The number of rotatable bonds is 4. The van der Waals surface area contributed by atoms with Crippen molar-refractivity contribution in [2.24, 2.45) is 5.92 Å². The minimum Gasteiger partial charge on any atom is -0.462 e. The number of hydrogen-bond donors (Lipinski definition) is 0. The fraction of sp³-hybridized carbons (Fsp3) is 0.278. The number of carbonyl (C=O) groups is 1. The van der Waals surface area contributed by atoms with Crippen LogP contribution in [0.2, 0.25) is 0 Å². The van der Waals surface area contributed by atoms with Gasteiger partial charge in [-0.25, -0.2) is 4.79 Å².